The minimum Gasteiger partial charge on any atom is -0.348 e. The Labute approximate surface area is 105 Å². The van der Waals surface area contributed by atoms with Crippen LogP contribution in [-0.4, -0.2) is 18.7 Å². The van der Waals surface area contributed by atoms with Crippen molar-refractivity contribution in [2.24, 2.45) is 0 Å². The zero-order chi connectivity index (χ0) is 12.1. The van der Waals surface area contributed by atoms with Crippen molar-refractivity contribution >= 4 is 29.3 Å². The Balaban J connectivity index is 2.85. The van der Waals surface area contributed by atoms with E-state index in [0.29, 0.717) is 17.1 Å². The van der Waals surface area contributed by atoms with Crippen LogP contribution >= 0.6 is 23.4 Å². The Morgan fingerprint density at radius 3 is 2.81 bits per heavy atom. The fourth-order valence-corrected chi connectivity index (χ4v) is 1.77. The van der Waals surface area contributed by atoms with Crippen LogP contribution < -0.4 is 5.32 Å². The lowest BCUT2D eigenvalue weighted by atomic mass is 10.2. The van der Waals surface area contributed by atoms with Gasteiger partial charge in [0.25, 0.3) is 5.91 Å². The number of rotatable bonds is 4. The topological polar surface area (TPSA) is 29.1 Å². The molecule has 0 aliphatic carbocycles. The lowest BCUT2D eigenvalue weighted by Crippen LogP contribution is -2.25. The molecule has 0 radical (unpaired) electrons. The maximum absolute atomic E-state index is 11.8. The first kappa shape index (κ1) is 13.1. The first-order valence-corrected chi connectivity index (χ1v) is 6.41. The van der Waals surface area contributed by atoms with Gasteiger partial charge in [0.2, 0.25) is 0 Å². The van der Waals surface area contributed by atoms with Gasteiger partial charge >= 0.3 is 0 Å². The van der Waals surface area contributed by atoms with Crippen LogP contribution in [0.4, 0.5) is 0 Å². The molecule has 0 saturated carbocycles. The molecule has 0 bridgehead atoms. The highest BCUT2D eigenvalue weighted by Crippen LogP contribution is 2.22. The van der Waals surface area contributed by atoms with Gasteiger partial charge in [0.05, 0.1) is 10.6 Å². The van der Waals surface area contributed by atoms with Gasteiger partial charge in [-0.15, -0.1) is 11.8 Å². The van der Waals surface area contributed by atoms with Gasteiger partial charge in [-0.05, 0) is 31.4 Å². The van der Waals surface area contributed by atoms with Gasteiger partial charge in [0.15, 0.2) is 0 Å². The molecule has 1 amide bonds. The molecule has 16 heavy (non-hydrogen) atoms. The van der Waals surface area contributed by atoms with Gasteiger partial charge in [-0.1, -0.05) is 23.8 Å². The summed E-state index contributed by atoms with van der Waals surface area (Å²) in [7, 11) is 0. The van der Waals surface area contributed by atoms with Crippen molar-refractivity contribution in [3.8, 4) is 0 Å². The second kappa shape index (κ2) is 5.97. The molecule has 0 aliphatic rings. The molecule has 0 heterocycles. The number of carbonyl (C=O) groups excluding carboxylic acids is 1. The van der Waals surface area contributed by atoms with Gasteiger partial charge in [-0.25, -0.2) is 0 Å². The van der Waals surface area contributed by atoms with Crippen molar-refractivity contribution in [3.63, 3.8) is 0 Å². The molecule has 0 saturated heterocycles. The normalized spacial score (nSPS) is 9.94. The molecule has 0 fully saturated rings. The first-order valence-electron chi connectivity index (χ1n) is 4.80. The van der Waals surface area contributed by atoms with E-state index in [1.807, 2.05) is 19.2 Å². The summed E-state index contributed by atoms with van der Waals surface area (Å²) in [5, 5.41) is 3.23. The van der Waals surface area contributed by atoms with Crippen LogP contribution in [0.5, 0.6) is 0 Å². The molecule has 1 aromatic rings. The third-order valence-electron chi connectivity index (χ3n) is 1.97. The predicted octanol–water partition coefficient (Wildman–Crippen LogP) is 3.37. The van der Waals surface area contributed by atoms with Crippen LogP contribution in [0.2, 0.25) is 5.02 Å². The van der Waals surface area contributed by atoms with Crippen molar-refractivity contribution < 1.29 is 4.79 Å². The molecule has 0 atom stereocenters. The van der Waals surface area contributed by atoms with Crippen LogP contribution in [0.15, 0.2) is 35.2 Å². The summed E-state index contributed by atoms with van der Waals surface area (Å²) in [6, 6.07) is 5.42. The van der Waals surface area contributed by atoms with E-state index in [1.54, 1.807) is 23.9 Å². The van der Waals surface area contributed by atoms with E-state index >= 15 is 0 Å². The van der Waals surface area contributed by atoms with Gasteiger partial charge in [0.1, 0.15) is 0 Å². The zero-order valence-electron chi connectivity index (χ0n) is 9.34. The molecule has 0 aliphatic heterocycles. The van der Waals surface area contributed by atoms with Gasteiger partial charge in [0, 0.05) is 11.4 Å². The fourth-order valence-electron chi connectivity index (χ4n) is 1.13. The minimum absolute atomic E-state index is 0.163. The highest BCUT2D eigenvalue weighted by molar-refractivity contribution is 7.98. The maximum atomic E-state index is 11.8. The van der Waals surface area contributed by atoms with Crippen LogP contribution in [0.1, 0.15) is 17.3 Å². The average molecular weight is 256 g/mol. The van der Waals surface area contributed by atoms with Crippen LogP contribution in [0.25, 0.3) is 0 Å². The molecule has 0 spiro atoms. The number of nitrogens with one attached hydrogen (secondary N) is 1. The van der Waals surface area contributed by atoms with Crippen molar-refractivity contribution in [2.45, 2.75) is 11.8 Å². The van der Waals surface area contributed by atoms with E-state index in [1.165, 1.54) is 0 Å². The van der Waals surface area contributed by atoms with Crippen LogP contribution in [-0.2, 0) is 0 Å². The number of hydrogen-bond acceptors (Lipinski definition) is 2. The van der Waals surface area contributed by atoms with E-state index in [2.05, 4.69) is 11.9 Å². The molecular formula is C12H14ClNOS. The van der Waals surface area contributed by atoms with Gasteiger partial charge < -0.3 is 5.32 Å². The number of benzene rings is 1. The molecular weight excluding hydrogens is 242 g/mol. The zero-order valence-corrected chi connectivity index (χ0v) is 10.9. The summed E-state index contributed by atoms with van der Waals surface area (Å²) in [4.78, 5) is 12.8. The van der Waals surface area contributed by atoms with E-state index in [0.717, 1.165) is 10.5 Å². The average Bonchev–Trinajstić information content (AvgIpc) is 2.26. The molecule has 0 unspecified atom stereocenters. The Morgan fingerprint density at radius 1 is 1.56 bits per heavy atom. The third-order valence-corrected chi connectivity index (χ3v) is 3.02. The second-order valence-electron chi connectivity index (χ2n) is 3.49. The third kappa shape index (κ3) is 3.58. The highest BCUT2D eigenvalue weighted by atomic mass is 35.5. The smallest absolute Gasteiger partial charge is 0.253 e. The first-order chi connectivity index (χ1) is 7.54. The Kier molecular flexibility index (Phi) is 4.90. The van der Waals surface area contributed by atoms with Crippen molar-refractivity contribution in [2.75, 3.05) is 12.8 Å². The maximum Gasteiger partial charge on any atom is 0.253 e. The standard InChI is InChI=1S/C12H14ClNOS/c1-8(2)7-14-12(15)10-6-9(16-3)4-5-11(10)13/h4-6H,1,7H2,2-3H3,(H,14,15). The SMILES string of the molecule is C=C(C)CNC(=O)c1cc(SC)ccc1Cl. The number of thioether (sulfide) groups is 1. The minimum atomic E-state index is -0.163. The van der Waals surface area contributed by atoms with E-state index < -0.39 is 0 Å². The van der Waals surface area contributed by atoms with Crippen molar-refractivity contribution in [3.05, 3.63) is 40.9 Å². The van der Waals surface area contributed by atoms with Crippen LogP contribution in [0.3, 0.4) is 0 Å². The Bertz CT molecular complexity index is 417. The Hall–Kier alpha value is -0.930. The van der Waals surface area contributed by atoms with E-state index in [9.17, 15) is 4.79 Å². The summed E-state index contributed by atoms with van der Waals surface area (Å²) < 4.78 is 0. The number of amides is 1. The summed E-state index contributed by atoms with van der Waals surface area (Å²) in [6.07, 6.45) is 1.96. The van der Waals surface area contributed by atoms with Gasteiger partial charge in [-0.2, -0.15) is 0 Å². The number of carbonyl (C=O) groups is 1. The monoisotopic (exact) mass is 255 g/mol. The summed E-state index contributed by atoms with van der Waals surface area (Å²) in [6.45, 7) is 6.06. The molecule has 2 nitrogen and oxygen atoms in total. The van der Waals surface area contributed by atoms with Crippen LogP contribution in [0, 0.1) is 0 Å². The lowest BCUT2D eigenvalue weighted by Gasteiger charge is -2.07. The molecule has 1 rings (SSSR count). The largest absolute Gasteiger partial charge is 0.348 e. The highest BCUT2D eigenvalue weighted by Gasteiger charge is 2.10. The number of halogens is 1. The van der Waals surface area contributed by atoms with E-state index in [4.69, 9.17) is 11.6 Å². The molecule has 86 valence electrons. The molecule has 1 aromatic carbocycles. The predicted molar refractivity (Wildman–Crippen MR) is 70.4 cm³/mol. The summed E-state index contributed by atoms with van der Waals surface area (Å²) in [5.41, 5.74) is 1.42. The summed E-state index contributed by atoms with van der Waals surface area (Å²) in [5.74, 6) is -0.163. The fraction of sp³-hybridized carbons (Fsp3) is 0.250. The summed E-state index contributed by atoms with van der Waals surface area (Å²) >= 11 is 7.55. The quantitative estimate of drug-likeness (QED) is 0.660. The number of hydrogen-bond donors (Lipinski definition) is 1. The lowest BCUT2D eigenvalue weighted by molar-refractivity contribution is 0.0957. The molecule has 0 aromatic heterocycles. The Morgan fingerprint density at radius 2 is 2.25 bits per heavy atom. The van der Waals surface area contributed by atoms with E-state index in [-0.39, 0.29) is 5.91 Å². The van der Waals surface area contributed by atoms with Crippen molar-refractivity contribution in [1.29, 1.82) is 0 Å². The van der Waals surface area contributed by atoms with Gasteiger partial charge in [-0.3, -0.25) is 4.79 Å². The second-order valence-corrected chi connectivity index (χ2v) is 4.77. The molecule has 4 heteroatoms. The molecule has 1 N–H and O–H groups in total. The van der Waals surface area contributed by atoms with Crippen molar-refractivity contribution in [1.82, 2.24) is 5.32 Å².